The first-order chi connectivity index (χ1) is 47.5. The van der Waals surface area contributed by atoms with Crippen molar-refractivity contribution in [3.63, 3.8) is 0 Å². The van der Waals surface area contributed by atoms with Crippen LogP contribution in [0.2, 0.25) is 0 Å². The second-order valence-corrected chi connectivity index (χ2v) is 25.4. The van der Waals surface area contributed by atoms with Gasteiger partial charge < -0.3 is 164 Å². The Morgan fingerprint density at radius 1 is 0.350 bits per heavy atom. The van der Waals surface area contributed by atoms with Gasteiger partial charge in [0.15, 0.2) is 37.7 Å². The van der Waals surface area contributed by atoms with Gasteiger partial charge in [-0.2, -0.15) is 0 Å². The molecule has 0 saturated carbocycles. The van der Waals surface area contributed by atoms with Gasteiger partial charge >= 0.3 is 5.97 Å². The van der Waals surface area contributed by atoms with Crippen LogP contribution in [-0.4, -0.2) is 404 Å². The molecule has 41 heteroatoms. The topological polar surface area (TPSA) is 633 Å². The number of hydroxylamine groups is 2. The molecular weight excluding hydrogens is 1360 g/mol. The lowest BCUT2D eigenvalue weighted by atomic mass is 9.96. The van der Waals surface area contributed by atoms with Crippen LogP contribution < -0.4 is 0 Å². The van der Waals surface area contributed by atoms with Crippen LogP contribution in [0, 0.1) is 0 Å². The number of hydrogen-bond donors (Lipinski definition) is 20. The summed E-state index contributed by atoms with van der Waals surface area (Å²) in [5.74, 6) is -3.60. The molecule has 0 unspecified atom stereocenters. The van der Waals surface area contributed by atoms with E-state index in [1.54, 1.807) is 0 Å². The summed E-state index contributed by atoms with van der Waals surface area (Å²) in [7, 11) is 0. The second kappa shape index (κ2) is 39.6. The fourth-order valence-electron chi connectivity index (χ4n) is 12.0. The van der Waals surface area contributed by atoms with Gasteiger partial charge in [0.2, 0.25) is 0 Å². The number of amides is 2. The number of ether oxygens (including phenoxy) is 12. The maximum Gasteiger partial charge on any atom is 0.333 e. The van der Waals surface area contributed by atoms with Crippen LogP contribution in [0.5, 0.6) is 0 Å². The van der Waals surface area contributed by atoms with Crippen molar-refractivity contribution < 1.29 is 193 Å². The Bertz CT molecular complexity index is 2410. The molecule has 0 bridgehead atoms. The van der Waals surface area contributed by atoms with Gasteiger partial charge in [-0.05, 0) is 25.7 Å². The van der Waals surface area contributed by atoms with Crippen LogP contribution in [0.15, 0.2) is 0 Å². The third-order valence-electron chi connectivity index (χ3n) is 17.9. The predicted octanol–water partition coefficient (Wildman–Crippen LogP) is -12.6. The van der Waals surface area contributed by atoms with E-state index in [0.717, 1.165) is 0 Å². The zero-order valence-corrected chi connectivity index (χ0v) is 54.2. The molecule has 7 rings (SSSR count). The van der Waals surface area contributed by atoms with Gasteiger partial charge in [-0.25, -0.2) is 4.79 Å². The van der Waals surface area contributed by atoms with E-state index in [-0.39, 0.29) is 57.8 Å². The summed E-state index contributed by atoms with van der Waals surface area (Å²) in [6.45, 7) is -7.22. The number of hydrogen-bond acceptors (Lipinski definition) is 40. The van der Waals surface area contributed by atoms with Gasteiger partial charge in [0, 0.05) is 38.5 Å². The molecule has 7 heterocycles. The lowest BCUT2D eigenvalue weighted by Crippen LogP contribution is -2.65. The average Bonchev–Trinajstić information content (AvgIpc) is 0.875. The Morgan fingerprint density at radius 3 is 1.00 bits per heavy atom. The van der Waals surface area contributed by atoms with Crippen molar-refractivity contribution in [1.29, 1.82) is 0 Å². The molecule has 41 nitrogen and oxygen atoms in total. The number of aliphatic hydroxyl groups is 20. The Morgan fingerprint density at radius 2 is 0.650 bits per heavy atom. The number of carbonyl (C=O) groups excluding carboxylic acids is 6. The SMILES string of the molecule is O=C(CCCCCCC(=O)ON1C(=O)CCC1=O)CN(CC(=O)CCCO[C@@H]1O[C@H](CO[C@H]2O[C@H](CO)[C@@H](O)[C@H](O)[C@@H]2O)[C@@H](O)[C@H](O[C@H]2O[C@H](CO)[C@@H](O)[C@H](O)[C@@H]2O)[C@H]1O)CC(=O)CCCO[C@@H]1O[C@H](CO[C@H]2O[C@H](CO)[C@@H](O)[C@H](O)[C@@H]2O)[C@@H](O)[C@H](O[C@H]2O[C@H](CO)[C@@H](O)[C@H](O)[C@@H]2O)[C@H]1O. The number of rotatable bonds is 38. The van der Waals surface area contributed by atoms with Crippen molar-refractivity contribution in [1.82, 2.24) is 9.96 Å². The van der Waals surface area contributed by atoms with Crippen LogP contribution in [-0.2, 0) is 90.4 Å². The molecule has 0 aromatic rings. The molecule has 7 aliphatic heterocycles. The van der Waals surface area contributed by atoms with E-state index in [1.807, 2.05) is 0 Å². The first-order valence-corrected chi connectivity index (χ1v) is 32.9. The molecule has 576 valence electrons. The van der Waals surface area contributed by atoms with E-state index >= 15 is 0 Å². The Hall–Kier alpha value is -3.70. The minimum absolute atomic E-state index is 0.0517. The van der Waals surface area contributed by atoms with E-state index in [2.05, 4.69) is 0 Å². The highest BCUT2D eigenvalue weighted by atomic mass is 16.8. The van der Waals surface area contributed by atoms with Crippen molar-refractivity contribution in [3.05, 3.63) is 0 Å². The Labute approximate surface area is 570 Å². The molecule has 7 saturated heterocycles. The van der Waals surface area contributed by atoms with Gasteiger partial charge in [0.1, 0.15) is 164 Å². The predicted molar refractivity (Wildman–Crippen MR) is 315 cm³/mol. The van der Waals surface area contributed by atoms with E-state index in [4.69, 9.17) is 61.7 Å². The van der Waals surface area contributed by atoms with Gasteiger partial charge in [-0.1, -0.05) is 12.8 Å². The molecular formula is C59H96N2O39. The third kappa shape index (κ3) is 21.7. The Balaban J connectivity index is 0.973. The van der Waals surface area contributed by atoms with E-state index < -0.39 is 292 Å². The molecule has 7 aliphatic rings. The molecule has 2 amide bonds. The highest BCUT2D eigenvalue weighted by Crippen LogP contribution is 2.34. The number of aliphatic hydroxyl groups excluding tert-OH is 20. The number of Topliss-reactive ketones (excluding diaryl/α,β-unsaturated/α-hetero) is 3. The van der Waals surface area contributed by atoms with E-state index in [1.165, 1.54) is 4.90 Å². The highest BCUT2D eigenvalue weighted by molar-refractivity contribution is 6.01. The standard InChI is InChI=1S/C59H96N2O39/c62-18-27-36(72)42(78)46(82)54(92-27)90-22-31-40(76)52(98-58-48(84)44(80)38(74)29(20-64)94-58)50(86)56(96-31)88-13-5-8-25(67)16-60(15-24(66)7-3-1-2-4-10-35(71)100-61-33(69)11-12-34(61)70)17-26(68)9-6-14-89-57-51(87)53(99-59-49(85)45(81)39(75)30(21-65)95-59)41(77)32(97-57)23-91-55-47(83)43(79)37(73)28(19-63)93-55/h27-32,36-59,62-65,72-87H,1-23H2/t27-,28-,29-,30-,31-,32-,36-,37-,38-,39-,40-,41-,42+,43+,44+,45+,46+,47+,48+,49+,50-,51-,52+,53+,54+,55+,56-,57-,58-,59-/m1/s1. The molecule has 0 radical (unpaired) electrons. The van der Waals surface area contributed by atoms with Crippen LogP contribution >= 0.6 is 0 Å². The summed E-state index contributed by atoms with van der Waals surface area (Å²) in [4.78, 5) is 83.1. The molecule has 0 spiro atoms. The number of nitrogens with zero attached hydrogens (tertiary/aromatic N) is 2. The van der Waals surface area contributed by atoms with Crippen molar-refractivity contribution in [2.24, 2.45) is 0 Å². The van der Waals surface area contributed by atoms with Gasteiger partial charge in [0.25, 0.3) is 11.8 Å². The normalized spacial score (nSPS) is 40.4. The van der Waals surface area contributed by atoms with Crippen molar-refractivity contribution in [2.45, 2.75) is 261 Å². The summed E-state index contributed by atoms with van der Waals surface area (Å²) in [6.07, 6.45) is -54.3. The maximum atomic E-state index is 13.7. The number of unbranched alkanes of at least 4 members (excludes halogenated alkanes) is 3. The third-order valence-corrected chi connectivity index (χ3v) is 17.9. The van der Waals surface area contributed by atoms with Crippen molar-refractivity contribution >= 4 is 35.1 Å². The molecule has 0 aromatic carbocycles. The average molecular weight is 1460 g/mol. The molecule has 0 aliphatic carbocycles. The van der Waals surface area contributed by atoms with Crippen molar-refractivity contribution in [3.8, 4) is 0 Å². The summed E-state index contributed by atoms with van der Waals surface area (Å²) >= 11 is 0. The first kappa shape index (κ1) is 83.6. The molecule has 30 atom stereocenters. The summed E-state index contributed by atoms with van der Waals surface area (Å²) in [5.41, 5.74) is 0. The van der Waals surface area contributed by atoms with Crippen molar-refractivity contribution in [2.75, 3.05) is 72.5 Å². The minimum atomic E-state index is -2.03. The Kier molecular flexibility index (Phi) is 33.1. The van der Waals surface area contributed by atoms with Gasteiger partial charge in [-0.3, -0.25) is 28.9 Å². The minimum Gasteiger partial charge on any atom is -0.394 e. The molecule has 7 fully saturated rings. The van der Waals surface area contributed by atoms with E-state index in [0.29, 0.717) is 24.3 Å². The van der Waals surface area contributed by atoms with Crippen LogP contribution in [0.25, 0.3) is 0 Å². The summed E-state index contributed by atoms with van der Waals surface area (Å²) in [6, 6.07) is 0. The summed E-state index contributed by atoms with van der Waals surface area (Å²) < 4.78 is 67.5. The largest absolute Gasteiger partial charge is 0.394 e. The van der Waals surface area contributed by atoms with Crippen LogP contribution in [0.3, 0.4) is 0 Å². The van der Waals surface area contributed by atoms with Crippen LogP contribution in [0.1, 0.15) is 77.0 Å². The monoisotopic (exact) mass is 1460 g/mol. The van der Waals surface area contributed by atoms with Gasteiger partial charge in [-0.15, -0.1) is 5.06 Å². The lowest BCUT2D eigenvalue weighted by Gasteiger charge is -2.46. The smallest absolute Gasteiger partial charge is 0.333 e. The summed E-state index contributed by atoms with van der Waals surface area (Å²) in [5, 5.41) is 211. The molecule has 0 aromatic heterocycles. The number of carbonyl (C=O) groups is 6. The second-order valence-electron chi connectivity index (χ2n) is 25.4. The maximum absolute atomic E-state index is 13.7. The zero-order valence-electron chi connectivity index (χ0n) is 54.2. The molecule has 20 N–H and O–H groups in total. The number of ketones is 3. The lowest BCUT2D eigenvalue weighted by molar-refractivity contribution is -0.366. The highest BCUT2D eigenvalue weighted by Gasteiger charge is 2.55. The van der Waals surface area contributed by atoms with Gasteiger partial charge in [0.05, 0.1) is 72.5 Å². The van der Waals surface area contributed by atoms with Crippen LogP contribution in [0.4, 0.5) is 0 Å². The fourth-order valence-corrected chi connectivity index (χ4v) is 12.0. The quantitative estimate of drug-likeness (QED) is 0.0202. The first-order valence-electron chi connectivity index (χ1n) is 32.9. The fraction of sp³-hybridized carbons (Fsp3) is 0.898. The number of imide groups is 1. The molecule has 100 heavy (non-hydrogen) atoms. The zero-order chi connectivity index (χ0) is 73.4. The van der Waals surface area contributed by atoms with E-state index in [9.17, 15) is 131 Å².